The van der Waals surface area contributed by atoms with Gasteiger partial charge in [0, 0.05) is 52.3 Å². The van der Waals surface area contributed by atoms with Crippen LogP contribution in [0.4, 0.5) is 11.8 Å². The first kappa shape index (κ1) is 17.4. The van der Waals surface area contributed by atoms with Crippen LogP contribution in [0.3, 0.4) is 0 Å². The zero-order valence-electron chi connectivity index (χ0n) is 15.8. The second-order valence-corrected chi connectivity index (χ2v) is 7.37. The lowest BCUT2D eigenvalue weighted by Crippen LogP contribution is -2.37. The van der Waals surface area contributed by atoms with E-state index in [1.54, 1.807) is 9.58 Å². The van der Waals surface area contributed by atoms with Gasteiger partial charge < -0.3 is 19.9 Å². The number of rotatable bonds is 2. The van der Waals surface area contributed by atoms with Crippen molar-refractivity contribution in [2.24, 2.45) is 0 Å². The van der Waals surface area contributed by atoms with Crippen molar-refractivity contribution in [3.63, 3.8) is 0 Å². The highest BCUT2D eigenvalue weighted by molar-refractivity contribution is 5.91. The number of aryl methyl sites for hydroxylation is 1. The Bertz CT molecular complexity index is 851. The fraction of sp³-hybridized carbons (Fsp3) is 0.611. The van der Waals surface area contributed by atoms with Crippen molar-refractivity contribution in [1.82, 2.24) is 29.9 Å². The lowest BCUT2D eigenvalue weighted by molar-refractivity contribution is 0.0720. The summed E-state index contributed by atoms with van der Waals surface area (Å²) in [5, 5.41) is 16.4. The molecule has 148 valence electrons. The van der Waals surface area contributed by atoms with Crippen LogP contribution in [-0.4, -0.2) is 75.2 Å². The van der Waals surface area contributed by atoms with Gasteiger partial charge in [0.25, 0.3) is 5.91 Å². The van der Waals surface area contributed by atoms with Gasteiger partial charge in [0.1, 0.15) is 0 Å². The Balaban J connectivity index is 1.34. The second kappa shape index (κ2) is 7.34. The number of hydrogen-bond donors (Lipinski definition) is 1. The molecule has 0 bridgehead atoms. The monoisotopic (exact) mass is 384 g/mol. The normalized spacial score (nSPS) is 19.4. The highest BCUT2D eigenvalue weighted by atomic mass is 16.5. The van der Waals surface area contributed by atoms with Gasteiger partial charge in [0.15, 0.2) is 5.82 Å². The first-order chi connectivity index (χ1) is 13.8. The molecule has 1 N–H and O–H groups in total. The number of aromatic nitrogens is 5. The molecule has 5 rings (SSSR count). The summed E-state index contributed by atoms with van der Waals surface area (Å²) >= 11 is 0. The molecule has 0 atom stereocenters. The molecule has 0 spiro atoms. The Morgan fingerprint density at radius 1 is 1.11 bits per heavy atom. The quantitative estimate of drug-likeness (QED) is 0.789. The highest BCUT2D eigenvalue weighted by Gasteiger charge is 2.28. The predicted octanol–water partition coefficient (Wildman–Crippen LogP) is 0.309. The van der Waals surface area contributed by atoms with Crippen molar-refractivity contribution in [2.45, 2.75) is 32.4 Å². The number of fused-ring (bicyclic) bond motifs is 2. The summed E-state index contributed by atoms with van der Waals surface area (Å²) < 4.78 is 7.30. The Hall–Kier alpha value is -2.75. The lowest BCUT2D eigenvalue weighted by atomic mass is 10.1. The van der Waals surface area contributed by atoms with Gasteiger partial charge in [-0.05, 0) is 24.5 Å². The summed E-state index contributed by atoms with van der Waals surface area (Å²) in [5.74, 6) is 1.68. The molecular weight excluding hydrogens is 360 g/mol. The Kier molecular flexibility index (Phi) is 4.55. The summed E-state index contributed by atoms with van der Waals surface area (Å²) in [5.41, 5.74) is 2.02. The average molecular weight is 384 g/mol. The third-order valence-electron chi connectivity index (χ3n) is 5.45. The number of nitrogens with zero attached hydrogens (tertiary/aromatic N) is 7. The number of ether oxygens (including phenoxy) is 1. The Morgan fingerprint density at radius 2 is 2.07 bits per heavy atom. The molecule has 2 aromatic heterocycles. The number of nitrogens with one attached hydrogen (secondary N) is 1. The minimum Gasteiger partial charge on any atom is -0.380 e. The molecule has 0 unspecified atom stereocenters. The summed E-state index contributed by atoms with van der Waals surface area (Å²) in [6.45, 7) is 5.99. The van der Waals surface area contributed by atoms with E-state index in [2.05, 4.69) is 36.6 Å². The number of amides is 1. The molecule has 3 aliphatic rings. The van der Waals surface area contributed by atoms with Gasteiger partial charge in [0.05, 0.1) is 12.3 Å². The molecule has 28 heavy (non-hydrogen) atoms. The van der Waals surface area contributed by atoms with Crippen LogP contribution in [0, 0.1) is 0 Å². The molecule has 0 aliphatic carbocycles. The first-order valence-electron chi connectivity index (χ1n) is 9.94. The third-order valence-corrected chi connectivity index (χ3v) is 5.45. The molecule has 1 saturated heterocycles. The molecule has 1 amide bonds. The predicted molar refractivity (Wildman–Crippen MR) is 101 cm³/mol. The lowest BCUT2D eigenvalue weighted by Gasteiger charge is -2.28. The molecule has 3 aliphatic heterocycles. The minimum absolute atomic E-state index is 0.129. The molecule has 2 aromatic rings. The summed E-state index contributed by atoms with van der Waals surface area (Å²) in [6, 6.07) is 2.07. The van der Waals surface area contributed by atoms with Crippen molar-refractivity contribution >= 4 is 17.7 Å². The SMILES string of the molecule is O=C(c1nc2n(n1)CCCN2)N1CCc2nnc(N3CCCOCC3)cc2C1. The number of carbonyl (C=O) groups is 1. The molecule has 10 nitrogen and oxygen atoms in total. The molecule has 5 heterocycles. The van der Waals surface area contributed by atoms with Crippen LogP contribution in [0.2, 0.25) is 0 Å². The van der Waals surface area contributed by atoms with Crippen molar-refractivity contribution in [2.75, 3.05) is 49.6 Å². The maximum absolute atomic E-state index is 13.0. The largest absolute Gasteiger partial charge is 0.380 e. The maximum Gasteiger partial charge on any atom is 0.293 e. The van der Waals surface area contributed by atoms with Crippen LogP contribution in [0.5, 0.6) is 0 Å². The third kappa shape index (κ3) is 3.28. The van der Waals surface area contributed by atoms with Crippen LogP contribution in [-0.2, 0) is 24.2 Å². The maximum atomic E-state index is 13.0. The zero-order valence-corrected chi connectivity index (χ0v) is 15.8. The number of anilines is 2. The van der Waals surface area contributed by atoms with Gasteiger partial charge in [-0.3, -0.25) is 4.79 Å². The standard InChI is InChI=1S/C18H24N8O2/c27-17(16-20-18-19-4-1-6-26(18)23-16)25-7-3-14-13(12-25)11-15(22-21-14)24-5-2-9-28-10-8-24/h11H,1-10,12H2,(H,19,20,23). The molecule has 0 saturated carbocycles. The average Bonchev–Trinajstić information content (AvgIpc) is 2.98. The zero-order chi connectivity index (χ0) is 18.9. The number of hydrogen-bond acceptors (Lipinski definition) is 8. The van der Waals surface area contributed by atoms with Gasteiger partial charge in [-0.2, -0.15) is 10.1 Å². The molecule has 10 heteroatoms. The van der Waals surface area contributed by atoms with Crippen LogP contribution in [0.25, 0.3) is 0 Å². The summed E-state index contributed by atoms with van der Waals surface area (Å²) in [4.78, 5) is 21.4. The topological polar surface area (TPSA) is 101 Å². The van der Waals surface area contributed by atoms with Crippen molar-refractivity contribution in [1.29, 1.82) is 0 Å². The smallest absolute Gasteiger partial charge is 0.293 e. The van der Waals surface area contributed by atoms with Gasteiger partial charge >= 0.3 is 0 Å². The minimum atomic E-state index is -0.129. The number of carbonyl (C=O) groups excluding carboxylic acids is 1. The Morgan fingerprint density at radius 3 is 3.00 bits per heavy atom. The van der Waals surface area contributed by atoms with Gasteiger partial charge in [-0.1, -0.05) is 0 Å². The second-order valence-electron chi connectivity index (χ2n) is 7.37. The molecular formula is C18H24N8O2. The van der Waals surface area contributed by atoms with E-state index in [1.165, 1.54) is 0 Å². The van der Waals surface area contributed by atoms with E-state index in [1.807, 2.05) is 0 Å². The van der Waals surface area contributed by atoms with Crippen molar-refractivity contribution in [3.05, 3.63) is 23.1 Å². The van der Waals surface area contributed by atoms with Gasteiger partial charge in [0.2, 0.25) is 11.8 Å². The van der Waals surface area contributed by atoms with Crippen molar-refractivity contribution < 1.29 is 9.53 Å². The van der Waals surface area contributed by atoms with Crippen LogP contribution >= 0.6 is 0 Å². The fourth-order valence-electron chi connectivity index (χ4n) is 3.91. The van der Waals surface area contributed by atoms with Crippen LogP contribution < -0.4 is 10.2 Å². The van der Waals surface area contributed by atoms with E-state index in [0.29, 0.717) is 32.1 Å². The summed E-state index contributed by atoms with van der Waals surface area (Å²) in [7, 11) is 0. The fourth-order valence-corrected chi connectivity index (χ4v) is 3.91. The van der Waals surface area contributed by atoms with E-state index < -0.39 is 0 Å². The molecule has 0 radical (unpaired) electrons. The summed E-state index contributed by atoms with van der Waals surface area (Å²) in [6.07, 6.45) is 2.67. The highest BCUT2D eigenvalue weighted by Crippen LogP contribution is 2.23. The van der Waals surface area contributed by atoms with E-state index in [0.717, 1.165) is 62.7 Å². The van der Waals surface area contributed by atoms with E-state index in [-0.39, 0.29) is 11.7 Å². The van der Waals surface area contributed by atoms with Crippen molar-refractivity contribution in [3.8, 4) is 0 Å². The Labute approximate surface area is 162 Å². The van der Waals surface area contributed by atoms with Crippen LogP contribution in [0.1, 0.15) is 34.7 Å². The van der Waals surface area contributed by atoms with E-state index >= 15 is 0 Å². The van der Waals surface area contributed by atoms with Gasteiger partial charge in [-0.15, -0.1) is 10.2 Å². The molecule has 1 fully saturated rings. The first-order valence-corrected chi connectivity index (χ1v) is 9.94. The van der Waals surface area contributed by atoms with E-state index in [4.69, 9.17) is 4.74 Å². The van der Waals surface area contributed by atoms with Crippen LogP contribution in [0.15, 0.2) is 6.07 Å². The molecule has 0 aromatic carbocycles. The van der Waals surface area contributed by atoms with E-state index in [9.17, 15) is 4.79 Å². The van der Waals surface area contributed by atoms with Gasteiger partial charge in [-0.25, -0.2) is 4.68 Å².